The Morgan fingerprint density at radius 1 is 1.30 bits per heavy atom. The van der Waals surface area contributed by atoms with Crippen molar-refractivity contribution in [2.24, 2.45) is 0 Å². The van der Waals surface area contributed by atoms with Gasteiger partial charge in [0.2, 0.25) is 11.8 Å². The highest BCUT2D eigenvalue weighted by molar-refractivity contribution is 5.81. The van der Waals surface area contributed by atoms with Crippen LogP contribution in [0.15, 0.2) is 28.8 Å². The average Bonchev–Trinajstić information content (AvgIpc) is 3.10. The summed E-state index contributed by atoms with van der Waals surface area (Å²) in [5.41, 5.74) is 1.52. The SMILES string of the molecule is CC(C)(C)c1noc(CCCC(=O)N2Cc3ccccc3C(C(=O)O)C2)n1. The van der Waals surface area contributed by atoms with E-state index in [0.29, 0.717) is 37.5 Å². The maximum atomic E-state index is 12.6. The van der Waals surface area contributed by atoms with Gasteiger partial charge in [0.25, 0.3) is 0 Å². The molecule has 1 atom stereocenters. The van der Waals surface area contributed by atoms with Crippen molar-refractivity contribution in [3.63, 3.8) is 0 Å². The fourth-order valence-electron chi connectivity index (χ4n) is 3.22. The maximum absolute atomic E-state index is 12.6. The van der Waals surface area contributed by atoms with Gasteiger partial charge in [0.15, 0.2) is 5.82 Å². The number of hydrogen-bond acceptors (Lipinski definition) is 5. The van der Waals surface area contributed by atoms with Crippen LogP contribution in [-0.4, -0.2) is 38.6 Å². The van der Waals surface area contributed by atoms with E-state index in [1.165, 1.54) is 0 Å². The molecule has 1 amide bonds. The predicted molar refractivity (Wildman–Crippen MR) is 98.2 cm³/mol. The molecular weight excluding hydrogens is 346 g/mol. The molecule has 1 aliphatic rings. The Kier molecular flexibility index (Phi) is 5.30. The van der Waals surface area contributed by atoms with Crippen molar-refractivity contribution in [2.45, 2.75) is 57.9 Å². The van der Waals surface area contributed by atoms with Crippen LogP contribution in [0.4, 0.5) is 0 Å². The molecule has 0 radical (unpaired) electrons. The summed E-state index contributed by atoms with van der Waals surface area (Å²) in [5.74, 6) is -0.447. The number of aromatic nitrogens is 2. The Balaban J connectivity index is 1.59. The molecule has 0 aliphatic carbocycles. The zero-order valence-corrected chi connectivity index (χ0v) is 15.9. The fourth-order valence-corrected chi connectivity index (χ4v) is 3.22. The van der Waals surface area contributed by atoms with Crippen molar-refractivity contribution >= 4 is 11.9 Å². The van der Waals surface area contributed by atoms with E-state index in [9.17, 15) is 14.7 Å². The van der Waals surface area contributed by atoms with Gasteiger partial charge in [-0.25, -0.2) is 0 Å². The number of amides is 1. The number of carboxylic acid groups (broad SMARTS) is 1. The van der Waals surface area contributed by atoms with Crippen molar-refractivity contribution in [3.8, 4) is 0 Å². The minimum atomic E-state index is -0.902. The molecule has 144 valence electrons. The van der Waals surface area contributed by atoms with Crippen molar-refractivity contribution in [1.82, 2.24) is 15.0 Å². The Hall–Kier alpha value is -2.70. The number of hydrogen-bond donors (Lipinski definition) is 1. The highest BCUT2D eigenvalue weighted by Crippen LogP contribution is 2.29. The standard InChI is InChI=1S/C20H25N3O4/c1-20(2,3)19-21-16(27-22-19)9-6-10-17(24)23-11-13-7-4-5-8-14(13)15(12-23)18(25)26/h4-5,7-8,15H,6,9-12H2,1-3H3,(H,25,26). The summed E-state index contributed by atoms with van der Waals surface area (Å²) in [5, 5.41) is 13.5. The second-order valence-electron chi connectivity index (χ2n) is 7.98. The van der Waals surface area contributed by atoms with Gasteiger partial charge in [0.05, 0.1) is 5.92 Å². The molecule has 0 saturated heterocycles. The smallest absolute Gasteiger partial charge is 0.312 e. The molecule has 7 heteroatoms. The summed E-state index contributed by atoms with van der Waals surface area (Å²) in [4.78, 5) is 30.2. The van der Waals surface area contributed by atoms with E-state index < -0.39 is 11.9 Å². The summed E-state index contributed by atoms with van der Waals surface area (Å²) >= 11 is 0. The van der Waals surface area contributed by atoms with Crippen LogP contribution in [0.25, 0.3) is 0 Å². The fraction of sp³-hybridized carbons (Fsp3) is 0.500. The topological polar surface area (TPSA) is 96.5 Å². The molecule has 2 heterocycles. The van der Waals surface area contributed by atoms with Crippen LogP contribution >= 0.6 is 0 Å². The molecule has 1 aliphatic heterocycles. The number of nitrogens with zero attached hydrogens (tertiary/aromatic N) is 3. The summed E-state index contributed by atoms with van der Waals surface area (Å²) in [6, 6.07) is 7.42. The van der Waals surface area contributed by atoms with E-state index in [4.69, 9.17) is 4.52 Å². The highest BCUT2D eigenvalue weighted by atomic mass is 16.5. The molecule has 1 aromatic heterocycles. The van der Waals surface area contributed by atoms with Gasteiger partial charge >= 0.3 is 5.97 Å². The van der Waals surface area contributed by atoms with E-state index in [2.05, 4.69) is 10.1 Å². The van der Waals surface area contributed by atoms with Gasteiger partial charge in [-0.05, 0) is 17.5 Å². The number of aliphatic carboxylic acids is 1. The van der Waals surface area contributed by atoms with Crippen LogP contribution in [0.1, 0.15) is 62.4 Å². The number of carbonyl (C=O) groups excluding carboxylic acids is 1. The monoisotopic (exact) mass is 371 g/mol. The second kappa shape index (κ2) is 7.50. The first kappa shape index (κ1) is 19.1. The second-order valence-corrected chi connectivity index (χ2v) is 7.98. The van der Waals surface area contributed by atoms with E-state index >= 15 is 0 Å². The molecule has 0 fully saturated rings. The minimum Gasteiger partial charge on any atom is -0.481 e. The first-order valence-corrected chi connectivity index (χ1v) is 9.17. The van der Waals surface area contributed by atoms with E-state index in [1.807, 2.05) is 45.0 Å². The lowest BCUT2D eigenvalue weighted by Crippen LogP contribution is -2.40. The number of rotatable bonds is 5. The summed E-state index contributed by atoms with van der Waals surface area (Å²) in [6.07, 6.45) is 1.43. The van der Waals surface area contributed by atoms with Gasteiger partial charge in [0, 0.05) is 31.3 Å². The van der Waals surface area contributed by atoms with Gasteiger partial charge in [0.1, 0.15) is 0 Å². The predicted octanol–water partition coefficient (Wildman–Crippen LogP) is 2.90. The van der Waals surface area contributed by atoms with Crippen LogP contribution in [0.3, 0.4) is 0 Å². The van der Waals surface area contributed by atoms with E-state index in [0.717, 1.165) is 11.1 Å². The van der Waals surface area contributed by atoms with Gasteiger partial charge in [-0.3, -0.25) is 9.59 Å². The number of fused-ring (bicyclic) bond motifs is 1. The van der Waals surface area contributed by atoms with E-state index in [1.54, 1.807) is 4.90 Å². The lowest BCUT2D eigenvalue weighted by atomic mass is 9.89. The molecule has 0 spiro atoms. The number of benzene rings is 1. The zero-order valence-electron chi connectivity index (χ0n) is 15.9. The van der Waals surface area contributed by atoms with Crippen LogP contribution < -0.4 is 0 Å². The van der Waals surface area contributed by atoms with Crippen LogP contribution in [0, 0.1) is 0 Å². The molecule has 1 N–H and O–H groups in total. The van der Waals surface area contributed by atoms with E-state index in [-0.39, 0.29) is 17.9 Å². The van der Waals surface area contributed by atoms with Crippen molar-refractivity contribution in [3.05, 3.63) is 47.1 Å². The molecule has 0 saturated carbocycles. The maximum Gasteiger partial charge on any atom is 0.312 e. The van der Waals surface area contributed by atoms with Gasteiger partial charge in [-0.1, -0.05) is 50.2 Å². The summed E-state index contributed by atoms with van der Waals surface area (Å²) < 4.78 is 5.25. The van der Waals surface area contributed by atoms with Crippen LogP contribution in [-0.2, 0) is 28.0 Å². The van der Waals surface area contributed by atoms with Gasteiger partial charge < -0.3 is 14.5 Å². The van der Waals surface area contributed by atoms with Crippen LogP contribution in [0.5, 0.6) is 0 Å². The Morgan fingerprint density at radius 2 is 2.04 bits per heavy atom. The number of carboxylic acids is 1. The zero-order chi connectivity index (χ0) is 19.6. The summed E-state index contributed by atoms with van der Waals surface area (Å²) in [6.45, 7) is 6.70. The molecule has 1 unspecified atom stereocenters. The van der Waals surface area contributed by atoms with Crippen molar-refractivity contribution < 1.29 is 19.2 Å². The van der Waals surface area contributed by atoms with Crippen molar-refractivity contribution in [2.75, 3.05) is 6.54 Å². The third-order valence-corrected chi connectivity index (χ3v) is 4.77. The Bertz CT molecular complexity index is 838. The molecular formula is C20H25N3O4. The first-order chi connectivity index (χ1) is 12.8. The molecule has 7 nitrogen and oxygen atoms in total. The lowest BCUT2D eigenvalue weighted by molar-refractivity contribution is -0.141. The Morgan fingerprint density at radius 3 is 2.70 bits per heavy atom. The molecule has 1 aromatic carbocycles. The minimum absolute atomic E-state index is 0.0497. The third kappa shape index (κ3) is 4.35. The Labute approximate surface area is 158 Å². The molecule has 0 bridgehead atoms. The molecule has 3 rings (SSSR count). The van der Waals surface area contributed by atoms with Gasteiger partial charge in [-0.15, -0.1) is 0 Å². The third-order valence-electron chi connectivity index (χ3n) is 4.77. The number of carbonyl (C=O) groups is 2. The normalized spacial score (nSPS) is 16.9. The van der Waals surface area contributed by atoms with Crippen molar-refractivity contribution in [1.29, 1.82) is 0 Å². The van der Waals surface area contributed by atoms with Gasteiger partial charge in [-0.2, -0.15) is 4.98 Å². The highest BCUT2D eigenvalue weighted by Gasteiger charge is 2.32. The van der Waals surface area contributed by atoms with Crippen LogP contribution in [0.2, 0.25) is 0 Å². The molecule has 27 heavy (non-hydrogen) atoms. The number of aryl methyl sites for hydroxylation is 1. The molecule has 2 aromatic rings. The summed E-state index contributed by atoms with van der Waals surface area (Å²) in [7, 11) is 0. The largest absolute Gasteiger partial charge is 0.481 e. The lowest BCUT2D eigenvalue weighted by Gasteiger charge is -2.32. The quantitative estimate of drug-likeness (QED) is 0.868. The average molecular weight is 371 g/mol. The first-order valence-electron chi connectivity index (χ1n) is 9.17.